The number of primary amides is 1. The van der Waals surface area contributed by atoms with Crippen LogP contribution in [-0.4, -0.2) is 49.7 Å². The number of benzene rings is 1. The molecule has 1 aromatic rings. The Balaban J connectivity index is 1.81. The summed E-state index contributed by atoms with van der Waals surface area (Å²) in [6.45, 7) is 1.98. The van der Waals surface area contributed by atoms with Crippen molar-refractivity contribution in [3.63, 3.8) is 0 Å². The number of nitrogens with zero attached hydrogens (tertiary/aromatic N) is 1. The number of amides is 3. The van der Waals surface area contributed by atoms with Crippen LogP contribution in [0.2, 0.25) is 0 Å². The molecule has 0 saturated carbocycles. The van der Waals surface area contributed by atoms with Crippen molar-refractivity contribution in [1.82, 2.24) is 10.2 Å². The van der Waals surface area contributed by atoms with Gasteiger partial charge in [0.25, 0.3) is 0 Å². The molecule has 0 unspecified atom stereocenters. The summed E-state index contributed by atoms with van der Waals surface area (Å²) in [6.07, 6.45) is 1.45. The third kappa shape index (κ3) is 4.85. The first kappa shape index (κ1) is 17.1. The van der Waals surface area contributed by atoms with Crippen molar-refractivity contribution in [3.8, 4) is 5.75 Å². The Hall–Kier alpha value is -2.28. The highest BCUT2D eigenvalue weighted by atomic mass is 16.5. The molecule has 7 heteroatoms. The second-order valence-electron chi connectivity index (χ2n) is 5.39. The fraction of sp³-hybridized carbons (Fsp3) is 0.500. The molecule has 23 heavy (non-hydrogen) atoms. The van der Waals surface area contributed by atoms with Gasteiger partial charge < -0.3 is 25.4 Å². The van der Waals surface area contributed by atoms with E-state index in [4.69, 9.17) is 15.2 Å². The van der Waals surface area contributed by atoms with Crippen LogP contribution in [0, 0.1) is 0 Å². The van der Waals surface area contributed by atoms with Crippen molar-refractivity contribution < 1.29 is 19.1 Å². The predicted octanol–water partition coefficient (Wildman–Crippen LogP) is 0.871. The minimum Gasteiger partial charge on any atom is -0.491 e. The third-order valence-electron chi connectivity index (χ3n) is 3.78. The lowest BCUT2D eigenvalue weighted by Gasteiger charge is -2.21. The van der Waals surface area contributed by atoms with Crippen molar-refractivity contribution in [2.45, 2.75) is 25.4 Å². The molecule has 0 aliphatic carbocycles. The quantitative estimate of drug-likeness (QED) is 0.729. The first-order valence-electron chi connectivity index (χ1n) is 7.66. The van der Waals surface area contributed by atoms with E-state index in [1.54, 1.807) is 7.11 Å². The summed E-state index contributed by atoms with van der Waals surface area (Å²) < 4.78 is 10.4. The lowest BCUT2D eigenvalue weighted by atomic mass is 10.2. The number of rotatable bonds is 7. The molecule has 3 amide bonds. The van der Waals surface area contributed by atoms with Gasteiger partial charge in [0.05, 0.1) is 6.61 Å². The summed E-state index contributed by atoms with van der Waals surface area (Å²) in [4.78, 5) is 24.9. The van der Waals surface area contributed by atoms with Crippen LogP contribution >= 0.6 is 0 Å². The summed E-state index contributed by atoms with van der Waals surface area (Å²) in [7, 11) is 1.62. The first-order chi connectivity index (χ1) is 11.1. The largest absolute Gasteiger partial charge is 0.491 e. The second kappa shape index (κ2) is 8.38. The molecule has 0 aromatic heterocycles. The highest BCUT2D eigenvalue weighted by Crippen LogP contribution is 2.17. The van der Waals surface area contributed by atoms with Crippen molar-refractivity contribution in [3.05, 3.63) is 29.8 Å². The van der Waals surface area contributed by atoms with E-state index >= 15 is 0 Å². The smallest absolute Gasteiger partial charge is 0.315 e. The van der Waals surface area contributed by atoms with Crippen LogP contribution in [-0.2, 0) is 16.1 Å². The maximum Gasteiger partial charge on any atom is 0.315 e. The molecule has 0 spiro atoms. The number of nitrogens with two attached hydrogens (primary N) is 1. The Bertz CT molecular complexity index is 533. The minimum atomic E-state index is -0.541. The van der Waals surface area contributed by atoms with Crippen LogP contribution in [0.15, 0.2) is 24.3 Å². The van der Waals surface area contributed by atoms with Crippen LogP contribution in [0.3, 0.4) is 0 Å². The summed E-state index contributed by atoms with van der Waals surface area (Å²) in [5.74, 6) is 0.592. The molecule has 1 heterocycles. The highest BCUT2D eigenvalue weighted by Gasteiger charge is 2.32. The van der Waals surface area contributed by atoms with Crippen molar-refractivity contribution in [2.24, 2.45) is 5.73 Å². The third-order valence-corrected chi connectivity index (χ3v) is 3.78. The summed E-state index contributed by atoms with van der Waals surface area (Å²) in [5.41, 5.74) is 6.24. The van der Waals surface area contributed by atoms with Gasteiger partial charge in [-0.15, -0.1) is 0 Å². The number of carbonyl (C=O) groups excluding carboxylic acids is 2. The van der Waals surface area contributed by atoms with E-state index in [0.29, 0.717) is 32.7 Å². The molecule has 0 radical (unpaired) electrons. The number of hydrogen-bond donors (Lipinski definition) is 2. The predicted molar refractivity (Wildman–Crippen MR) is 85.0 cm³/mol. The molecule has 1 aliphatic rings. The van der Waals surface area contributed by atoms with Gasteiger partial charge in [0.15, 0.2) is 0 Å². The summed E-state index contributed by atoms with van der Waals surface area (Å²) in [6, 6.07) is 6.49. The molecule has 1 aromatic carbocycles. The molecule has 2 rings (SSSR count). The Labute approximate surface area is 135 Å². The molecule has 3 N–H and O–H groups in total. The maximum absolute atomic E-state index is 12.2. The fourth-order valence-electron chi connectivity index (χ4n) is 2.56. The van der Waals surface area contributed by atoms with Crippen LogP contribution in [0.4, 0.5) is 4.79 Å². The van der Waals surface area contributed by atoms with Gasteiger partial charge in [0.1, 0.15) is 18.4 Å². The number of urea groups is 1. The van der Waals surface area contributed by atoms with Gasteiger partial charge in [-0.25, -0.2) is 4.79 Å². The summed E-state index contributed by atoms with van der Waals surface area (Å²) in [5, 5.41) is 2.85. The number of hydrogen-bond acceptors (Lipinski definition) is 4. The van der Waals surface area contributed by atoms with E-state index in [-0.39, 0.29) is 5.91 Å². The van der Waals surface area contributed by atoms with E-state index in [1.807, 2.05) is 24.3 Å². The SMILES string of the molecule is COCCOc1ccc(CNC(=O)[C@@H]2CCCN2C(N)=O)cc1. The first-order valence-corrected chi connectivity index (χ1v) is 7.66. The molecule has 1 fully saturated rings. The number of nitrogens with one attached hydrogen (secondary N) is 1. The van der Waals surface area contributed by atoms with E-state index in [1.165, 1.54) is 4.90 Å². The Kier molecular flexibility index (Phi) is 6.22. The molecular formula is C16H23N3O4. The van der Waals surface area contributed by atoms with Gasteiger partial charge in [-0.05, 0) is 30.5 Å². The Morgan fingerprint density at radius 2 is 2.04 bits per heavy atom. The minimum absolute atomic E-state index is 0.165. The fourth-order valence-corrected chi connectivity index (χ4v) is 2.56. The molecule has 1 atom stereocenters. The van der Waals surface area contributed by atoms with Crippen molar-refractivity contribution in [2.75, 3.05) is 26.9 Å². The monoisotopic (exact) mass is 321 g/mol. The number of ether oxygens (including phenoxy) is 2. The van der Waals surface area contributed by atoms with Gasteiger partial charge in [0, 0.05) is 20.2 Å². The lowest BCUT2D eigenvalue weighted by Crippen LogP contribution is -2.47. The zero-order chi connectivity index (χ0) is 16.7. The molecule has 1 aliphatic heterocycles. The zero-order valence-electron chi connectivity index (χ0n) is 13.3. The van der Waals surface area contributed by atoms with Gasteiger partial charge in [-0.3, -0.25) is 4.79 Å². The van der Waals surface area contributed by atoms with E-state index < -0.39 is 12.1 Å². The number of methoxy groups -OCH3 is 1. The standard InChI is InChI=1S/C16H23N3O4/c1-22-9-10-23-13-6-4-12(5-7-13)11-18-15(20)14-3-2-8-19(14)16(17)21/h4-7,14H,2-3,8-11H2,1H3,(H2,17,21)(H,18,20)/t14-/m0/s1. The Morgan fingerprint density at radius 1 is 1.30 bits per heavy atom. The van der Waals surface area contributed by atoms with Gasteiger partial charge in [0.2, 0.25) is 5.91 Å². The molecule has 126 valence electrons. The van der Waals surface area contributed by atoms with E-state index in [2.05, 4.69) is 5.32 Å². The second-order valence-corrected chi connectivity index (χ2v) is 5.39. The molecule has 7 nitrogen and oxygen atoms in total. The molecule has 1 saturated heterocycles. The molecular weight excluding hydrogens is 298 g/mol. The van der Waals surface area contributed by atoms with Gasteiger partial charge in [-0.2, -0.15) is 0 Å². The average Bonchev–Trinajstić information content (AvgIpc) is 3.04. The number of likely N-dealkylation sites (tertiary alicyclic amines) is 1. The maximum atomic E-state index is 12.2. The Morgan fingerprint density at radius 3 is 2.70 bits per heavy atom. The van der Waals surface area contributed by atoms with E-state index in [9.17, 15) is 9.59 Å². The lowest BCUT2D eigenvalue weighted by molar-refractivity contribution is -0.124. The van der Waals surface area contributed by atoms with Crippen LogP contribution in [0.25, 0.3) is 0 Å². The molecule has 0 bridgehead atoms. The van der Waals surface area contributed by atoms with E-state index in [0.717, 1.165) is 17.7 Å². The van der Waals surface area contributed by atoms with Crippen LogP contribution < -0.4 is 15.8 Å². The highest BCUT2D eigenvalue weighted by molar-refractivity contribution is 5.87. The normalized spacial score (nSPS) is 17.1. The van der Waals surface area contributed by atoms with Crippen molar-refractivity contribution >= 4 is 11.9 Å². The van der Waals surface area contributed by atoms with Crippen molar-refractivity contribution in [1.29, 1.82) is 0 Å². The average molecular weight is 321 g/mol. The topological polar surface area (TPSA) is 93.9 Å². The van der Waals surface area contributed by atoms with Gasteiger partial charge >= 0.3 is 6.03 Å². The summed E-state index contributed by atoms with van der Waals surface area (Å²) >= 11 is 0. The van der Waals surface area contributed by atoms with Gasteiger partial charge in [-0.1, -0.05) is 12.1 Å². The van der Waals surface area contributed by atoms with Crippen LogP contribution in [0.5, 0.6) is 5.75 Å². The number of carbonyl (C=O) groups is 2. The van der Waals surface area contributed by atoms with Crippen LogP contribution in [0.1, 0.15) is 18.4 Å². The zero-order valence-corrected chi connectivity index (χ0v) is 13.3.